The molecule has 1 aromatic carbocycles. The van der Waals surface area contributed by atoms with Crippen LogP contribution in [-0.2, 0) is 12.7 Å². The molecular weight excluding hydrogens is 312 g/mol. The fourth-order valence-electron chi connectivity index (χ4n) is 2.23. The van der Waals surface area contributed by atoms with Crippen LogP contribution in [0.25, 0.3) is 0 Å². The van der Waals surface area contributed by atoms with Crippen LogP contribution in [0, 0.1) is 0 Å². The van der Waals surface area contributed by atoms with E-state index in [0.29, 0.717) is 11.6 Å². The largest absolute Gasteiger partial charge is 0.416 e. The van der Waals surface area contributed by atoms with Crippen molar-refractivity contribution in [2.75, 3.05) is 13.1 Å². The quantitative estimate of drug-likeness (QED) is 0.887. The lowest BCUT2D eigenvalue weighted by Crippen LogP contribution is -2.39. The van der Waals surface area contributed by atoms with Crippen molar-refractivity contribution < 1.29 is 13.2 Å². The van der Waals surface area contributed by atoms with Crippen LogP contribution in [0.15, 0.2) is 24.3 Å². The molecule has 1 aliphatic heterocycles. The maximum atomic E-state index is 12.8. The molecule has 116 valence electrons. The van der Waals surface area contributed by atoms with Crippen molar-refractivity contribution in [3.63, 3.8) is 0 Å². The molecule has 1 aliphatic rings. The zero-order valence-electron chi connectivity index (χ0n) is 10.9. The van der Waals surface area contributed by atoms with Crippen LogP contribution < -0.4 is 10.6 Å². The van der Waals surface area contributed by atoms with Crippen LogP contribution >= 0.6 is 24.8 Å². The lowest BCUT2D eigenvalue weighted by atomic mass is 10.0. The number of hydrogen-bond donors (Lipinski definition) is 2. The van der Waals surface area contributed by atoms with Crippen LogP contribution in [0.5, 0.6) is 0 Å². The van der Waals surface area contributed by atoms with Gasteiger partial charge in [-0.05, 0) is 37.6 Å². The summed E-state index contributed by atoms with van der Waals surface area (Å²) >= 11 is 0. The summed E-state index contributed by atoms with van der Waals surface area (Å²) in [5.41, 5.74) is -0.213. The molecule has 1 saturated heterocycles. The van der Waals surface area contributed by atoms with E-state index in [9.17, 15) is 13.2 Å². The second-order valence-corrected chi connectivity index (χ2v) is 4.56. The summed E-state index contributed by atoms with van der Waals surface area (Å²) in [6.45, 7) is 2.14. The van der Waals surface area contributed by atoms with E-state index in [1.165, 1.54) is 12.1 Å². The first kappa shape index (κ1) is 19.5. The highest BCUT2D eigenvalue weighted by atomic mass is 35.5. The molecule has 0 aliphatic carbocycles. The van der Waals surface area contributed by atoms with Gasteiger partial charge in [0.2, 0.25) is 0 Å². The second-order valence-electron chi connectivity index (χ2n) is 4.56. The molecule has 0 radical (unpaired) electrons. The molecule has 0 bridgehead atoms. The molecule has 0 aromatic heterocycles. The third kappa shape index (κ3) is 5.48. The Morgan fingerprint density at radius 1 is 1.10 bits per heavy atom. The van der Waals surface area contributed by atoms with Gasteiger partial charge in [0.05, 0.1) is 5.56 Å². The molecule has 0 spiro atoms. The smallest absolute Gasteiger partial charge is 0.317 e. The lowest BCUT2D eigenvalue weighted by Gasteiger charge is -2.24. The fraction of sp³-hybridized carbons (Fsp3) is 0.538. The van der Waals surface area contributed by atoms with E-state index in [-0.39, 0.29) is 31.4 Å². The van der Waals surface area contributed by atoms with Crippen molar-refractivity contribution in [3.8, 4) is 0 Å². The molecule has 1 heterocycles. The minimum atomic E-state index is -4.27. The van der Waals surface area contributed by atoms with Gasteiger partial charge >= 0.3 is 6.18 Å². The molecule has 0 amide bonds. The van der Waals surface area contributed by atoms with Crippen molar-refractivity contribution in [2.24, 2.45) is 0 Å². The molecule has 2 nitrogen and oxygen atoms in total. The SMILES string of the molecule is Cl.Cl.FC(F)(F)c1ccccc1CNC1CCNCC1. The first-order chi connectivity index (χ1) is 8.57. The summed E-state index contributed by atoms with van der Waals surface area (Å²) in [6.07, 6.45) is -2.34. The molecular formula is C13H19Cl2F3N2. The molecule has 1 fully saturated rings. The third-order valence-corrected chi connectivity index (χ3v) is 3.24. The highest BCUT2D eigenvalue weighted by Gasteiger charge is 2.32. The summed E-state index contributed by atoms with van der Waals surface area (Å²) in [5, 5.41) is 6.44. The van der Waals surface area contributed by atoms with Crippen LogP contribution in [0.2, 0.25) is 0 Å². The van der Waals surface area contributed by atoms with Gasteiger partial charge in [0.25, 0.3) is 0 Å². The zero-order chi connectivity index (χ0) is 13.0. The van der Waals surface area contributed by atoms with E-state index in [0.717, 1.165) is 32.0 Å². The average molecular weight is 331 g/mol. The number of benzene rings is 1. The Morgan fingerprint density at radius 2 is 1.70 bits per heavy atom. The number of rotatable bonds is 3. The zero-order valence-corrected chi connectivity index (χ0v) is 12.5. The van der Waals surface area contributed by atoms with E-state index in [1.54, 1.807) is 6.07 Å². The Bertz CT molecular complexity index is 393. The summed E-state index contributed by atoms with van der Waals surface area (Å²) in [5.74, 6) is 0. The monoisotopic (exact) mass is 330 g/mol. The van der Waals surface area contributed by atoms with Crippen molar-refractivity contribution in [1.82, 2.24) is 10.6 Å². The van der Waals surface area contributed by atoms with Crippen molar-refractivity contribution >= 4 is 24.8 Å². The van der Waals surface area contributed by atoms with E-state index >= 15 is 0 Å². The Labute approximate surface area is 129 Å². The number of hydrogen-bond acceptors (Lipinski definition) is 2. The molecule has 7 heteroatoms. The molecule has 20 heavy (non-hydrogen) atoms. The van der Waals surface area contributed by atoms with Gasteiger partial charge in [-0.3, -0.25) is 0 Å². The van der Waals surface area contributed by atoms with Gasteiger partial charge < -0.3 is 10.6 Å². The maximum absolute atomic E-state index is 12.8. The predicted octanol–water partition coefficient (Wildman–Crippen LogP) is 3.39. The Morgan fingerprint density at radius 3 is 2.30 bits per heavy atom. The highest BCUT2D eigenvalue weighted by molar-refractivity contribution is 5.85. The molecule has 2 N–H and O–H groups in total. The first-order valence-electron chi connectivity index (χ1n) is 6.16. The molecule has 0 saturated carbocycles. The van der Waals surface area contributed by atoms with Crippen molar-refractivity contribution in [2.45, 2.75) is 31.6 Å². The summed E-state index contributed by atoms with van der Waals surface area (Å²) in [4.78, 5) is 0. The van der Waals surface area contributed by atoms with Crippen LogP contribution in [0.1, 0.15) is 24.0 Å². The van der Waals surface area contributed by atoms with E-state index in [2.05, 4.69) is 10.6 Å². The number of halogens is 5. The van der Waals surface area contributed by atoms with Gasteiger partial charge in [0.1, 0.15) is 0 Å². The van der Waals surface area contributed by atoms with Crippen LogP contribution in [0.4, 0.5) is 13.2 Å². The topological polar surface area (TPSA) is 24.1 Å². The maximum Gasteiger partial charge on any atom is 0.416 e. The standard InChI is InChI=1S/C13H17F3N2.2ClH/c14-13(15,16)12-4-2-1-3-10(12)9-18-11-5-7-17-8-6-11;;/h1-4,11,17-18H,5-9H2;2*1H. The van der Waals surface area contributed by atoms with Gasteiger partial charge in [0.15, 0.2) is 0 Å². The van der Waals surface area contributed by atoms with Gasteiger partial charge in [-0.25, -0.2) is 0 Å². The molecule has 0 unspecified atom stereocenters. The van der Waals surface area contributed by atoms with Crippen molar-refractivity contribution in [1.29, 1.82) is 0 Å². The molecule has 0 atom stereocenters. The van der Waals surface area contributed by atoms with E-state index < -0.39 is 11.7 Å². The highest BCUT2D eigenvalue weighted by Crippen LogP contribution is 2.31. The lowest BCUT2D eigenvalue weighted by molar-refractivity contribution is -0.138. The number of piperidine rings is 1. The minimum absolute atomic E-state index is 0. The van der Waals surface area contributed by atoms with Gasteiger partial charge in [-0.2, -0.15) is 13.2 Å². The Hall–Kier alpha value is -0.490. The Kier molecular flexibility index (Phi) is 8.51. The molecule has 1 aromatic rings. The number of alkyl halides is 3. The van der Waals surface area contributed by atoms with E-state index in [4.69, 9.17) is 0 Å². The average Bonchev–Trinajstić information content (AvgIpc) is 2.37. The minimum Gasteiger partial charge on any atom is -0.317 e. The van der Waals surface area contributed by atoms with Gasteiger partial charge in [0, 0.05) is 12.6 Å². The van der Waals surface area contributed by atoms with Gasteiger partial charge in [-0.15, -0.1) is 24.8 Å². The van der Waals surface area contributed by atoms with Gasteiger partial charge in [-0.1, -0.05) is 18.2 Å². The molecule has 2 rings (SSSR count). The predicted molar refractivity (Wildman–Crippen MR) is 78.7 cm³/mol. The van der Waals surface area contributed by atoms with E-state index in [1.807, 2.05) is 0 Å². The normalized spacial score (nSPS) is 16.1. The third-order valence-electron chi connectivity index (χ3n) is 3.24. The fourth-order valence-corrected chi connectivity index (χ4v) is 2.23. The second kappa shape index (κ2) is 8.72. The number of nitrogens with one attached hydrogen (secondary N) is 2. The first-order valence-corrected chi connectivity index (χ1v) is 6.16. The van der Waals surface area contributed by atoms with Crippen LogP contribution in [-0.4, -0.2) is 19.1 Å². The summed E-state index contributed by atoms with van der Waals surface area (Å²) in [6, 6.07) is 6.06. The summed E-state index contributed by atoms with van der Waals surface area (Å²) < 4.78 is 38.3. The Balaban J connectivity index is 0.00000180. The van der Waals surface area contributed by atoms with Crippen molar-refractivity contribution in [3.05, 3.63) is 35.4 Å². The summed E-state index contributed by atoms with van der Waals surface area (Å²) in [7, 11) is 0. The van der Waals surface area contributed by atoms with Crippen LogP contribution in [0.3, 0.4) is 0 Å².